The number of imidazole rings is 1. The van der Waals surface area contributed by atoms with Gasteiger partial charge in [-0.3, -0.25) is 4.90 Å². The van der Waals surface area contributed by atoms with Gasteiger partial charge in [0.1, 0.15) is 0 Å². The van der Waals surface area contributed by atoms with Crippen LogP contribution in [0.15, 0.2) is 11.4 Å². The number of hydrogen-bond donors (Lipinski definition) is 0. The molecule has 3 rings (SSSR count). The van der Waals surface area contributed by atoms with Gasteiger partial charge in [-0.2, -0.15) is 0 Å². The van der Waals surface area contributed by atoms with Gasteiger partial charge in [0, 0.05) is 32.4 Å². The molecule has 0 amide bonds. The van der Waals surface area contributed by atoms with Crippen LogP contribution in [0.3, 0.4) is 0 Å². The highest BCUT2D eigenvalue weighted by atomic mass is 32.2. The molecule has 6 nitrogen and oxygen atoms in total. The lowest BCUT2D eigenvalue weighted by atomic mass is 9.89. The van der Waals surface area contributed by atoms with Crippen LogP contribution in [0.1, 0.15) is 57.1 Å². The molecule has 2 heterocycles. The summed E-state index contributed by atoms with van der Waals surface area (Å²) in [6, 6.07) is 0. The van der Waals surface area contributed by atoms with Crippen LogP contribution in [0.4, 0.5) is 0 Å². The van der Waals surface area contributed by atoms with Crippen molar-refractivity contribution in [2.24, 2.45) is 5.92 Å². The van der Waals surface area contributed by atoms with Gasteiger partial charge in [-0.1, -0.05) is 25.7 Å². The number of sulfone groups is 1. The first-order valence-corrected chi connectivity index (χ1v) is 12.5. The van der Waals surface area contributed by atoms with E-state index in [9.17, 15) is 8.42 Å². The lowest BCUT2D eigenvalue weighted by Gasteiger charge is -2.29. The minimum atomic E-state index is -3.30. The molecule has 0 bridgehead atoms. The van der Waals surface area contributed by atoms with E-state index in [4.69, 9.17) is 0 Å². The molecule has 7 heteroatoms. The van der Waals surface area contributed by atoms with Crippen molar-refractivity contribution >= 4 is 9.84 Å². The van der Waals surface area contributed by atoms with Crippen LogP contribution in [0.5, 0.6) is 0 Å². The fourth-order valence-electron chi connectivity index (χ4n) is 4.49. The van der Waals surface area contributed by atoms with Crippen molar-refractivity contribution < 1.29 is 8.42 Å². The lowest BCUT2D eigenvalue weighted by Crippen LogP contribution is -2.36. The van der Waals surface area contributed by atoms with Crippen LogP contribution in [0.25, 0.3) is 0 Å². The van der Waals surface area contributed by atoms with Gasteiger partial charge in [-0.25, -0.2) is 13.4 Å². The van der Waals surface area contributed by atoms with Crippen LogP contribution >= 0.6 is 0 Å². The highest BCUT2D eigenvalue weighted by Crippen LogP contribution is 2.27. The predicted octanol–water partition coefficient (Wildman–Crippen LogP) is 2.78. The zero-order valence-electron chi connectivity index (χ0n) is 17.1. The maximum absolute atomic E-state index is 12.2. The van der Waals surface area contributed by atoms with Gasteiger partial charge < -0.3 is 9.47 Å². The van der Waals surface area contributed by atoms with Crippen molar-refractivity contribution in [1.82, 2.24) is 19.4 Å². The molecular formula is C20H36N4O2S. The van der Waals surface area contributed by atoms with E-state index in [1.54, 1.807) is 6.20 Å². The van der Waals surface area contributed by atoms with Crippen LogP contribution in [-0.4, -0.2) is 67.3 Å². The summed E-state index contributed by atoms with van der Waals surface area (Å²) in [5.41, 5.74) is 1.03. The number of aromatic nitrogens is 2. The number of nitrogens with zero attached hydrogens (tertiary/aromatic N) is 4. The Balaban J connectivity index is 1.65. The number of rotatable bonds is 8. The van der Waals surface area contributed by atoms with Gasteiger partial charge in [-0.05, 0) is 51.7 Å². The Morgan fingerprint density at radius 3 is 2.44 bits per heavy atom. The molecule has 2 fully saturated rings. The molecule has 1 aliphatic heterocycles. The second-order valence-corrected chi connectivity index (χ2v) is 10.5. The fraction of sp³-hybridized carbons (Fsp3) is 0.850. The molecule has 154 valence electrons. The molecule has 0 radical (unpaired) electrons. The monoisotopic (exact) mass is 396 g/mol. The maximum Gasteiger partial charge on any atom is 0.227 e. The first kappa shape index (κ1) is 20.8. The van der Waals surface area contributed by atoms with E-state index in [-0.39, 0.29) is 5.16 Å². The summed E-state index contributed by atoms with van der Waals surface area (Å²) in [4.78, 5) is 9.14. The van der Waals surface area contributed by atoms with Crippen molar-refractivity contribution in [3.8, 4) is 0 Å². The van der Waals surface area contributed by atoms with Crippen molar-refractivity contribution in [3.63, 3.8) is 0 Å². The number of hydrogen-bond acceptors (Lipinski definition) is 5. The molecule has 27 heavy (non-hydrogen) atoms. The Morgan fingerprint density at radius 1 is 1.11 bits per heavy atom. The maximum atomic E-state index is 12.2. The summed E-state index contributed by atoms with van der Waals surface area (Å²) in [5.74, 6) is 0.575. The average Bonchev–Trinajstić information content (AvgIpc) is 3.04. The van der Waals surface area contributed by atoms with E-state index in [0.29, 0.717) is 5.92 Å². The third-order valence-electron chi connectivity index (χ3n) is 6.08. The number of piperidine rings is 1. The van der Waals surface area contributed by atoms with E-state index < -0.39 is 9.84 Å². The lowest BCUT2D eigenvalue weighted by molar-refractivity contribution is 0.191. The van der Waals surface area contributed by atoms with E-state index in [2.05, 4.69) is 21.8 Å². The summed E-state index contributed by atoms with van der Waals surface area (Å²) in [5, 5.41) is 0.243. The fourth-order valence-corrected chi connectivity index (χ4v) is 5.32. The molecule has 1 aromatic heterocycles. The molecule has 2 aliphatic rings. The highest BCUT2D eigenvalue weighted by Gasteiger charge is 2.23. The Bertz CT molecular complexity index is 689. The van der Waals surface area contributed by atoms with E-state index >= 15 is 0 Å². The number of likely N-dealkylation sites (N-methyl/N-ethyl adjacent to an activating group) is 1. The third-order valence-corrected chi connectivity index (χ3v) is 7.07. The van der Waals surface area contributed by atoms with Crippen molar-refractivity contribution in [1.29, 1.82) is 0 Å². The minimum absolute atomic E-state index is 0.243. The second-order valence-electron chi connectivity index (χ2n) is 8.56. The summed E-state index contributed by atoms with van der Waals surface area (Å²) in [7, 11) is -1.18. The highest BCUT2D eigenvalue weighted by molar-refractivity contribution is 7.90. The summed E-state index contributed by atoms with van der Waals surface area (Å²) in [6.45, 7) is 6.06. The van der Waals surface area contributed by atoms with E-state index in [1.165, 1.54) is 70.7 Å². The molecule has 0 spiro atoms. The molecule has 1 aliphatic carbocycles. The summed E-state index contributed by atoms with van der Waals surface area (Å²) in [6.07, 6.45) is 13.3. The van der Waals surface area contributed by atoms with Gasteiger partial charge in [0.15, 0.2) is 0 Å². The Kier molecular flexibility index (Phi) is 7.34. The van der Waals surface area contributed by atoms with Crippen LogP contribution in [-0.2, 0) is 22.9 Å². The van der Waals surface area contributed by atoms with Gasteiger partial charge in [-0.15, -0.1) is 0 Å². The Hall–Kier alpha value is -0.920. The standard InChI is InChI=1S/C20H36N4O2S/c1-22(13-14-23-11-7-4-8-12-23)17-19-15-21-20(27(2,25)26)24(19)16-18-9-5-3-6-10-18/h15,18H,3-14,16-17H2,1-2H3. The minimum Gasteiger partial charge on any atom is -0.317 e. The zero-order chi connectivity index (χ0) is 19.3. The second kappa shape index (κ2) is 9.52. The normalized spacial score (nSPS) is 20.4. The van der Waals surface area contributed by atoms with Crippen LogP contribution < -0.4 is 0 Å². The summed E-state index contributed by atoms with van der Waals surface area (Å²) >= 11 is 0. The topological polar surface area (TPSA) is 58.4 Å². The smallest absolute Gasteiger partial charge is 0.227 e. The SMILES string of the molecule is CN(CCN1CCCCC1)Cc1cnc(S(C)(=O)=O)n1CC1CCCCC1. The molecule has 0 aromatic carbocycles. The molecule has 1 saturated carbocycles. The van der Waals surface area contributed by atoms with Gasteiger partial charge >= 0.3 is 0 Å². The molecule has 0 unspecified atom stereocenters. The zero-order valence-corrected chi connectivity index (χ0v) is 17.9. The Morgan fingerprint density at radius 2 is 1.78 bits per heavy atom. The van der Waals surface area contributed by atoms with Crippen LogP contribution in [0.2, 0.25) is 0 Å². The van der Waals surface area contributed by atoms with Crippen molar-refractivity contribution in [3.05, 3.63) is 11.9 Å². The van der Waals surface area contributed by atoms with Gasteiger partial charge in [0.25, 0.3) is 0 Å². The predicted molar refractivity (Wildman–Crippen MR) is 109 cm³/mol. The first-order valence-electron chi connectivity index (χ1n) is 10.6. The van der Waals surface area contributed by atoms with Gasteiger partial charge in [0.05, 0.1) is 11.9 Å². The molecule has 1 aromatic rings. The quantitative estimate of drug-likeness (QED) is 0.676. The van der Waals surface area contributed by atoms with Crippen LogP contribution in [0, 0.1) is 5.92 Å². The molecular weight excluding hydrogens is 360 g/mol. The first-order chi connectivity index (χ1) is 12.9. The summed E-state index contributed by atoms with van der Waals surface area (Å²) < 4.78 is 26.4. The average molecular weight is 397 g/mol. The van der Waals surface area contributed by atoms with Crippen molar-refractivity contribution in [2.45, 2.75) is 69.6 Å². The Labute approximate surface area is 164 Å². The third kappa shape index (κ3) is 6.03. The molecule has 0 atom stereocenters. The van der Waals surface area contributed by atoms with E-state index in [0.717, 1.165) is 31.9 Å². The van der Waals surface area contributed by atoms with Gasteiger partial charge in [0.2, 0.25) is 15.0 Å². The largest absolute Gasteiger partial charge is 0.317 e. The molecule has 1 saturated heterocycles. The van der Waals surface area contributed by atoms with Crippen molar-refractivity contribution in [2.75, 3.05) is 39.5 Å². The number of likely N-dealkylation sites (tertiary alicyclic amines) is 1. The molecule has 0 N–H and O–H groups in total. The van der Waals surface area contributed by atoms with E-state index in [1.807, 2.05) is 4.57 Å².